The van der Waals surface area contributed by atoms with Crippen molar-refractivity contribution >= 4 is 11.8 Å². The molecule has 0 aliphatic carbocycles. The highest BCUT2D eigenvalue weighted by Gasteiger charge is 2.13. The number of benzene rings is 1. The lowest BCUT2D eigenvalue weighted by atomic mass is 10.1. The van der Waals surface area contributed by atoms with Crippen LogP contribution in [0.3, 0.4) is 0 Å². The van der Waals surface area contributed by atoms with Crippen molar-refractivity contribution in [3.05, 3.63) is 53.9 Å². The molecule has 2 amide bonds. The number of nitrogens with one attached hydrogen (secondary N) is 2. The zero-order chi connectivity index (χ0) is 16.1. The molecule has 2 aromatic rings. The third kappa shape index (κ3) is 3.76. The number of amides is 2. The number of carbonyl (C=O) groups is 2. The monoisotopic (exact) mass is 313 g/mol. The van der Waals surface area contributed by atoms with Gasteiger partial charge in [-0.15, -0.1) is 0 Å². The van der Waals surface area contributed by atoms with Crippen LogP contribution in [0.5, 0.6) is 11.5 Å². The molecule has 0 atom stereocenters. The van der Waals surface area contributed by atoms with Crippen molar-refractivity contribution in [3.8, 4) is 11.5 Å². The van der Waals surface area contributed by atoms with E-state index in [1.165, 1.54) is 12.4 Å². The topological polar surface area (TPSA) is 89.5 Å². The fraction of sp³-hybridized carbons (Fsp3) is 0.188. The number of carbonyl (C=O) groups excluding carboxylic acids is 2. The van der Waals surface area contributed by atoms with Crippen molar-refractivity contribution in [1.29, 1.82) is 0 Å². The molecule has 0 saturated heterocycles. The van der Waals surface area contributed by atoms with Gasteiger partial charge in [-0.25, -0.2) is 0 Å². The molecule has 0 fully saturated rings. The minimum atomic E-state index is -0.385. The smallest absolute Gasteiger partial charge is 0.269 e. The predicted molar refractivity (Wildman–Crippen MR) is 80.7 cm³/mol. The summed E-state index contributed by atoms with van der Waals surface area (Å²) >= 11 is 0. The molecule has 7 heteroatoms. The predicted octanol–water partition coefficient (Wildman–Crippen LogP) is 1.20. The number of hydrogen-bond donors (Lipinski definition) is 2. The third-order valence-electron chi connectivity index (χ3n) is 3.34. The van der Waals surface area contributed by atoms with Gasteiger partial charge in [-0.3, -0.25) is 25.4 Å². The molecular formula is C16H15N3O4. The molecule has 7 nitrogen and oxygen atoms in total. The van der Waals surface area contributed by atoms with Crippen LogP contribution in [-0.4, -0.2) is 23.6 Å². The van der Waals surface area contributed by atoms with E-state index in [9.17, 15) is 9.59 Å². The summed E-state index contributed by atoms with van der Waals surface area (Å²) in [5, 5.41) is 0. The fourth-order valence-corrected chi connectivity index (χ4v) is 2.12. The van der Waals surface area contributed by atoms with Crippen LogP contribution in [0.1, 0.15) is 22.3 Å². The van der Waals surface area contributed by atoms with Gasteiger partial charge >= 0.3 is 0 Å². The maximum atomic E-state index is 11.8. The number of rotatable bonds is 4. The van der Waals surface area contributed by atoms with Crippen LogP contribution in [0.4, 0.5) is 0 Å². The first kappa shape index (κ1) is 14.8. The number of pyridine rings is 1. The lowest BCUT2D eigenvalue weighted by molar-refractivity contribution is -0.121. The Morgan fingerprint density at radius 3 is 2.65 bits per heavy atom. The third-order valence-corrected chi connectivity index (χ3v) is 3.34. The second kappa shape index (κ2) is 6.78. The zero-order valence-corrected chi connectivity index (χ0v) is 12.2. The summed E-state index contributed by atoms with van der Waals surface area (Å²) in [5.41, 5.74) is 6.14. The van der Waals surface area contributed by atoms with Crippen LogP contribution in [0.2, 0.25) is 0 Å². The van der Waals surface area contributed by atoms with Crippen molar-refractivity contribution in [3.63, 3.8) is 0 Å². The van der Waals surface area contributed by atoms with E-state index < -0.39 is 0 Å². The van der Waals surface area contributed by atoms with E-state index in [2.05, 4.69) is 15.8 Å². The summed E-state index contributed by atoms with van der Waals surface area (Å²) in [6, 6.07) is 8.69. The Kier molecular flexibility index (Phi) is 4.37. The second-order valence-corrected chi connectivity index (χ2v) is 4.93. The second-order valence-electron chi connectivity index (χ2n) is 4.93. The molecule has 1 aromatic heterocycles. The lowest BCUT2D eigenvalue weighted by Crippen LogP contribution is -2.41. The van der Waals surface area contributed by atoms with Gasteiger partial charge in [-0.05, 0) is 36.2 Å². The average Bonchev–Trinajstić information content (AvgIpc) is 3.06. The quantitative estimate of drug-likeness (QED) is 0.828. The van der Waals surface area contributed by atoms with Gasteiger partial charge in [0.25, 0.3) is 5.91 Å². The number of ether oxygens (including phenoxy) is 2. The van der Waals surface area contributed by atoms with Crippen LogP contribution in [0.25, 0.3) is 0 Å². The molecule has 23 heavy (non-hydrogen) atoms. The van der Waals surface area contributed by atoms with Crippen LogP contribution in [0.15, 0.2) is 42.7 Å². The molecular weight excluding hydrogens is 298 g/mol. The molecule has 0 unspecified atom stereocenters. The number of fused-ring (bicyclic) bond motifs is 1. The molecule has 2 heterocycles. The molecule has 0 bridgehead atoms. The SMILES string of the molecule is O=C(CCc1ccc2c(c1)OCO2)NNC(=O)c1ccncc1. The summed E-state index contributed by atoms with van der Waals surface area (Å²) in [4.78, 5) is 27.4. The van der Waals surface area contributed by atoms with E-state index in [1.54, 1.807) is 12.1 Å². The van der Waals surface area contributed by atoms with E-state index >= 15 is 0 Å². The lowest BCUT2D eigenvalue weighted by Gasteiger charge is -2.07. The number of nitrogens with zero attached hydrogens (tertiary/aromatic N) is 1. The zero-order valence-electron chi connectivity index (χ0n) is 12.2. The van der Waals surface area contributed by atoms with E-state index in [4.69, 9.17) is 9.47 Å². The Labute approximate surface area is 132 Å². The van der Waals surface area contributed by atoms with Gasteiger partial charge in [-0.1, -0.05) is 6.07 Å². The van der Waals surface area contributed by atoms with Crippen LogP contribution in [0, 0.1) is 0 Å². The Hall–Kier alpha value is -3.09. The number of hydrogen-bond acceptors (Lipinski definition) is 5. The molecule has 2 N–H and O–H groups in total. The highest BCUT2D eigenvalue weighted by molar-refractivity contribution is 5.95. The minimum absolute atomic E-state index is 0.223. The van der Waals surface area contributed by atoms with E-state index in [1.807, 2.05) is 18.2 Å². The first-order chi connectivity index (χ1) is 11.2. The Balaban J connectivity index is 1.46. The first-order valence-electron chi connectivity index (χ1n) is 7.10. The number of aromatic nitrogens is 1. The van der Waals surface area contributed by atoms with Gasteiger partial charge in [0.2, 0.25) is 12.7 Å². The maximum Gasteiger partial charge on any atom is 0.269 e. The van der Waals surface area contributed by atoms with E-state index in [0.29, 0.717) is 23.5 Å². The van der Waals surface area contributed by atoms with Gasteiger partial charge in [0, 0.05) is 24.4 Å². The highest BCUT2D eigenvalue weighted by atomic mass is 16.7. The van der Waals surface area contributed by atoms with Crippen molar-refractivity contribution in [2.45, 2.75) is 12.8 Å². The number of aryl methyl sites for hydroxylation is 1. The molecule has 1 aliphatic heterocycles. The van der Waals surface area contributed by atoms with Gasteiger partial charge in [0.15, 0.2) is 11.5 Å². The van der Waals surface area contributed by atoms with E-state index in [0.717, 1.165) is 5.56 Å². The van der Waals surface area contributed by atoms with Gasteiger partial charge in [0.05, 0.1) is 0 Å². The van der Waals surface area contributed by atoms with Gasteiger partial charge in [0.1, 0.15) is 0 Å². The number of hydrazine groups is 1. The standard InChI is InChI=1S/C16H15N3O4/c20-15(18-19-16(21)12-5-7-17-8-6-12)4-2-11-1-3-13-14(9-11)23-10-22-13/h1,3,5-9H,2,4,10H2,(H,18,20)(H,19,21). The molecule has 118 valence electrons. The van der Waals surface area contributed by atoms with Crippen LogP contribution in [-0.2, 0) is 11.2 Å². The highest BCUT2D eigenvalue weighted by Crippen LogP contribution is 2.32. The normalized spacial score (nSPS) is 11.8. The van der Waals surface area contributed by atoms with Crippen LogP contribution < -0.4 is 20.3 Å². The molecule has 0 spiro atoms. The summed E-state index contributed by atoms with van der Waals surface area (Å²) in [7, 11) is 0. The maximum absolute atomic E-state index is 11.8. The fourth-order valence-electron chi connectivity index (χ4n) is 2.12. The van der Waals surface area contributed by atoms with Gasteiger partial charge < -0.3 is 9.47 Å². The minimum Gasteiger partial charge on any atom is -0.454 e. The van der Waals surface area contributed by atoms with Crippen LogP contribution >= 0.6 is 0 Å². The molecule has 0 saturated carbocycles. The molecule has 1 aliphatic rings. The molecule has 3 rings (SSSR count). The van der Waals surface area contributed by atoms with Crippen molar-refractivity contribution < 1.29 is 19.1 Å². The largest absolute Gasteiger partial charge is 0.454 e. The summed E-state index contributed by atoms with van der Waals surface area (Å²) in [6.07, 6.45) is 3.80. The Morgan fingerprint density at radius 2 is 1.83 bits per heavy atom. The van der Waals surface area contributed by atoms with Gasteiger partial charge in [-0.2, -0.15) is 0 Å². The Morgan fingerprint density at radius 1 is 1.04 bits per heavy atom. The summed E-state index contributed by atoms with van der Waals surface area (Å²) in [5.74, 6) is 0.741. The van der Waals surface area contributed by atoms with Crippen molar-refractivity contribution in [2.75, 3.05) is 6.79 Å². The van der Waals surface area contributed by atoms with Crippen molar-refractivity contribution in [2.24, 2.45) is 0 Å². The first-order valence-corrected chi connectivity index (χ1v) is 7.10. The summed E-state index contributed by atoms with van der Waals surface area (Å²) in [6.45, 7) is 0.223. The summed E-state index contributed by atoms with van der Waals surface area (Å²) < 4.78 is 10.5. The Bertz CT molecular complexity index is 719. The van der Waals surface area contributed by atoms with Crippen molar-refractivity contribution in [1.82, 2.24) is 15.8 Å². The van der Waals surface area contributed by atoms with E-state index in [-0.39, 0.29) is 25.0 Å². The average molecular weight is 313 g/mol. The molecule has 1 aromatic carbocycles. The molecule has 0 radical (unpaired) electrons.